The van der Waals surface area contributed by atoms with E-state index in [0.717, 1.165) is 37.7 Å². The van der Waals surface area contributed by atoms with E-state index in [1.165, 1.54) is 0 Å². The van der Waals surface area contributed by atoms with Gasteiger partial charge in [-0.1, -0.05) is 46.3 Å². The van der Waals surface area contributed by atoms with Gasteiger partial charge in [-0.15, -0.1) is 0 Å². The third kappa shape index (κ3) is 8.79. The molecule has 382 valence electrons. The van der Waals surface area contributed by atoms with Crippen molar-refractivity contribution >= 4 is 0 Å². The standard InChI is InChI=1S/C48H82O18/c1-22(2)10-9-15-47(7,66-43-40(60)37(57)34(54)27(64-43)21-61-41-38(58)35(55)32(52)25(19-49)62-41)24-13-17-46(6)23(24)11-12-28-45(5)16-14-31(44(3,4)29(45)18-30(51)48(28,46)8)65-42-39(59)36(56)33(53)26(20-50)63-42/h10,23-43,49-60H,9,11-21H2,1-8H3/t23-,24+,25-,26-,27-,28-,29+,30+,31+,32-,33-,34-,35+,36+,37+,38-,39-,40-,41-,42+,43+,45-,46-,47+,48+/m1/s1. The zero-order chi connectivity index (χ0) is 48.6. The third-order valence-corrected chi connectivity index (χ3v) is 18.9. The second kappa shape index (κ2) is 19.6. The third-order valence-electron chi connectivity index (χ3n) is 18.9. The number of aliphatic hydroxyl groups is 12. The monoisotopic (exact) mass is 947 g/mol. The summed E-state index contributed by atoms with van der Waals surface area (Å²) < 4.78 is 36.6. The molecule has 4 saturated carbocycles. The fourth-order valence-electron chi connectivity index (χ4n) is 14.8. The molecule has 0 aromatic carbocycles. The summed E-state index contributed by atoms with van der Waals surface area (Å²) in [5, 5.41) is 129. The average Bonchev–Trinajstić information content (AvgIpc) is 3.64. The van der Waals surface area contributed by atoms with Crippen molar-refractivity contribution < 1.29 is 89.7 Å². The first-order valence-electron chi connectivity index (χ1n) is 24.4. The van der Waals surface area contributed by atoms with Gasteiger partial charge in [-0.3, -0.25) is 0 Å². The van der Waals surface area contributed by atoms with E-state index < -0.39 is 141 Å². The molecule has 3 heterocycles. The molecule has 0 spiro atoms. The Balaban J connectivity index is 1.11. The molecular weight excluding hydrogens is 865 g/mol. The van der Waals surface area contributed by atoms with E-state index in [4.69, 9.17) is 28.4 Å². The Labute approximate surface area is 388 Å². The zero-order valence-electron chi connectivity index (χ0n) is 40.0. The van der Waals surface area contributed by atoms with Crippen molar-refractivity contribution in [3.63, 3.8) is 0 Å². The van der Waals surface area contributed by atoms with E-state index in [1.807, 2.05) is 20.8 Å². The van der Waals surface area contributed by atoms with E-state index in [2.05, 4.69) is 40.7 Å². The first kappa shape index (κ1) is 52.8. The van der Waals surface area contributed by atoms with Crippen LogP contribution in [0.3, 0.4) is 0 Å². The predicted molar refractivity (Wildman–Crippen MR) is 234 cm³/mol. The van der Waals surface area contributed by atoms with Crippen molar-refractivity contribution in [3.8, 4) is 0 Å². The maximum atomic E-state index is 12.7. The lowest BCUT2D eigenvalue weighted by molar-refractivity contribution is -0.349. The van der Waals surface area contributed by atoms with Gasteiger partial charge in [0, 0.05) is 5.41 Å². The van der Waals surface area contributed by atoms with Gasteiger partial charge in [0.15, 0.2) is 18.9 Å². The van der Waals surface area contributed by atoms with Crippen molar-refractivity contribution in [1.29, 1.82) is 0 Å². The van der Waals surface area contributed by atoms with Gasteiger partial charge in [-0.05, 0) is 118 Å². The summed E-state index contributed by atoms with van der Waals surface area (Å²) in [5.41, 5.74) is -1.35. The lowest BCUT2D eigenvalue weighted by atomic mass is 9.34. The number of hydrogen-bond acceptors (Lipinski definition) is 18. The Morgan fingerprint density at radius 3 is 1.77 bits per heavy atom. The van der Waals surface area contributed by atoms with E-state index in [-0.39, 0.29) is 34.5 Å². The van der Waals surface area contributed by atoms with Crippen LogP contribution in [0, 0.1) is 45.3 Å². The Morgan fingerprint density at radius 2 is 1.18 bits per heavy atom. The second-order valence-electron chi connectivity index (χ2n) is 22.9. The molecule has 0 aromatic heterocycles. The van der Waals surface area contributed by atoms with Crippen molar-refractivity contribution in [3.05, 3.63) is 11.6 Å². The number of aliphatic hydroxyl groups excluding tert-OH is 12. The van der Waals surface area contributed by atoms with Gasteiger partial charge in [-0.25, -0.2) is 0 Å². The Hall–Kier alpha value is -0.980. The molecule has 25 atom stereocenters. The van der Waals surface area contributed by atoms with Gasteiger partial charge in [0.05, 0.1) is 37.6 Å². The molecule has 3 saturated heterocycles. The van der Waals surface area contributed by atoms with Gasteiger partial charge in [0.1, 0.15) is 73.2 Å². The summed E-state index contributed by atoms with van der Waals surface area (Å²) in [5.74, 6) is 0.173. The summed E-state index contributed by atoms with van der Waals surface area (Å²) in [6, 6.07) is 0. The molecule has 4 aliphatic carbocycles. The quantitative estimate of drug-likeness (QED) is 0.0853. The molecule has 12 N–H and O–H groups in total. The van der Waals surface area contributed by atoms with E-state index in [9.17, 15) is 61.3 Å². The summed E-state index contributed by atoms with van der Waals surface area (Å²) >= 11 is 0. The molecule has 3 aliphatic heterocycles. The maximum absolute atomic E-state index is 12.7. The predicted octanol–water partition coefficient (Wildman–Crippen LogP) is -0.0268. The highest BCUT2D eigenvalue weighted by molar-refractivity contribution is 5.21. The van der Waals surface area contributed by atoms with Crippen LogP contribution >= 0.6 is 0 Å². The number of fused-ring (bicyclic) bond motifs is 5. The van der Waals surface area contributed by atoms with E-state index in [0.29, 0.717) is 25.7 Å². The van der Waals surface area contributed by atoms with Crippen molar-refractivity contribution in [2.24, 2.45) is 45.3 Å². The minimum Gasteiger partial charge on any atom is -0.394 e. The van der Waals surface area contributed by atoms with Crippen LogP contribution in [-0.4, -0.2) is 191 Å². The van der Waals surface area contributed by atoms with Crippen LogP contribution in [0.2, 0.25) is 0 Å². The first-order valence-corrected chi connectivity index (χ1v) is 24.4. The summed E-state index contributed by atoms with van der Waals surface area (Å²) in [6.45, 7) is 15.6. The van der Waals surface area contributed by atoms with Gasteiger partial charge < -0.3 is 89.7 Å². The number of ether oxygens (including phenoxy) is 6. The Morgan fingerprint density at radius 1 is 0.636 bits per heavy atom. The van der Waals surface area contributed by atoms with Crippen LogP contribution < -0.4 is 0 Å². The minimum absolute atomic E-state index is 0.0149. The topological polar surface area (TPSA) is 298 Å². The molecule has 0 unspecified atom stereocenters. The molecular formula is C48H82O18. The minimum atomic E-state index is -1.70. The van der Waals surface area contributed by atoms with Crippen molar-refractivity contribution in [2.75, 3.05) is 19.8 Å². The fourth-order valence-corrected chi connectivity index (χ4v) is 14.8. The SMILES string of the molecule is CC(C)=CCC[C@](C)(O[C@@H]1O[C@H](CO[C@@H]2O[C@H](CO)[C@@H](O)[C@H](O)[C@H]2O)[C@@H](O)[C@H](O)[C@H]1O)[C@H]1CC[C@]2(C)[C@@H]1CC[C@@H]1[C@@]3(C)CC[C@H](O[C@@H]4O[C@H](CO)[C@@H](O)[C@H](O)[C@H]4O)C(C)(C)[C@@H]3C[C@H](O)[C@]12C. The molecule has 0 aromatic rings. The molecule has 18 heteroatoms. The lowest BCUT2D eigenvalue weighted by Gasteiger charge is -2.71. The van der Waals surface area contributed by atoms with Crippen LogP contribution in [0.25, 0.3) is 0 Å². The summed E-state index contributed by atoms with van der Waals surface area (Å²) in [6.07, 6.45) is -14.8. The van der Waals surface area contributed by atoms with Gasteiger partial charge >= 0.3 is 0 Å². The molecule has 7 rings (SSSR count). The van der Waals surface area contributed by atoms with Crippen molar-refractivity contribution in [2.45, 2.75) is 223 Å². The molecule has 7 aliphatic rings. The van der Waals surface area contributed by atoms with Crippen molar-refractivity contribution in [1.82, 2.24) is 0 Å². The normalized spacial score (nSPS) is 52.4. The zero-order valence-corrected chi connectivity index (χ0v) is 40.0. The molecule has 7 fully saturated rings. The molecule has 66 heavy (non-hydrogen) atoms. The average molecular weight is 947 g/mol. The van der Waals surface area contributed by atoms with Gasteiger partial charge in [0.25, 0.3) is 0 Å². The smallest absolute Gasteiger partial charge is 0.187 e. The summed E-state index contributed by atoms with van der Waals surface area (Å²) in [4.78, 5) is 0. The van der Waals surface area contributed by atoms with Crippen LogP contribution in [0.1, 0.15) is 113 Å². The fraction of sp³-hybridized carbons (Fsp3) is 0.958. The molecule has 0 radical (unpaired) electrons. The molecule has 0 amide bonds. The van der Waals surface area contributed by atoms with Crippen LogP contribution in [0.5, 0.6) is 0 Å². The highest BCUT2D eigenvalue weighted by Crippen LogP contribution is 2.76. The van der Waals surface area contributed by atoms with Crippen LogP contribution in [0.4, 0.5) is 0 Å². The highest BCUT2D eigenvalue weighted by atomic mass is 16.7. The first-order chi connectivity index (χ1) is 30.8. The Kier molecular flexibility index (Phi) is 15.7. The van der Waals surface area contributed by atoms with Crippen LogP contribution in [-0.2, 0) is 28.4 Å². The maximum Gasteiger partial charge on any atom is 0.187 e. The highest BCUT2D eigenvalue weighted by Gasteiger charge is 2.73. The van der Waals surface area contributed by atoms with E-state index >= 15 is 0 Å². The second-order valence-corrected chi connectivity index (χ2v) is 22.9. The molecule has 0 bridgehead atoms. The van der Waals surface area contributed by atoms with Gasteiger partial charge in [-0.2, -0.15) is 0 Å². The number of rotatable bonds is 13. The summed E-state index contributed by atoms with van der Waals surface area (Å²) in [7, 11) is 0. The van der Waals surface area contributed by atoms with Crippen LogP contribution in [0.15, 0.2) is 11.6 Å². The number of allylic oxidation sites excluding steroid dienone is 2. The number of hydrogen-bond donors (Lipinski definition) is 12. The van der Waals surface area contributed by atoms with E-state index in [1.54, 1.807) is 0 Å². The molecule has 18 nitrogen and oxygen atoms in total. The largest absolute Gasteiger partial charge is 0.394 e. The lowest BCUT2D eigenvalue weighted by Crippen LogP contribution is -2.69. The van der Waals surface area contributed by atoms with Gasteiger partial charge in [0.2, 0.25) is 0 Å². The Bertz CT molecular complexity index is 1680.